The van der Waals surface area contributed by atoms with Gasteiger partial charge in [-0.2, -0.15) is 0 Å². The van der Waals surface area contributed by atoms with E-state index in [1.165, 1.54) is 180 Å². The van der Waals surface area contributed by atoms with E-state index < -0.39 is 0 Å². The minimum absolute atomic E-state index is 0.967. The fourth-order valence-corrected chi connectivity index (χ4v) is 4.97. The summed E-state index contributed by atoms with van der Waals surface area (Å²) in [7, 11) is 0. The topological polar surface area (TPSA) is 9.23 Å². The van der Waals surface area contributed by atoms with Crippen LogP contribution in [0.5, 0.6) is 0 Å². The Balaban J connectivity index is 2.99. The normalized spacial score (nSPS) is 11.5. The summed E-state index contributed by atoms with van der Waals surface area (Å²) in [6.07, 6.45) is 41.3. The average molecular weight is 480 g/mol. The maximum Gasteiger partial charge on any atom is 0.0466 e. The lowest BCUT2D eigenvalue weighted by Crippen LogP contribution is -1.96. The van der Waals surface area contributed by atoms with Crippen molar-refractivity contribution in [2.45, 2.75) is 193 Å². The fraction of sp³-hybridized carbons (Fsp3) is 0.970. The molecule has 0 N–H and O–H groups in total. The Morgan fingerprint density at radius 2 is 0.559 bits per heavy atom. The van der Waals surface area contributed by atoms with Gasteiger partial charge in [0.2, 0.25) is 0 Å². The van der Waals surface area contributed by atoms with E-state index in [0.29, 0.717) is 0 Å². The summed E-state index contributed by atoms with van der Waals surface area (Å²) in [5, 5.41) is 0. The van der Waals surface area contributed by atoms with E-state index in [9.17, 15) is 0 Å². The van der Waals surface area contributed by atoms with Gasteiger partial charge in [-0.15, -0.1) is 0 Å². The number of rotatable bonds is 31. The van der Waals surface area contributed by atoms with Gasteiger partial charge in [-0.05, 0) is 12.8 Å². The van der Waals surface area contributed by atoms with Crippen LogP contribution in [0.2, 0.25) is 0 Å². The first-order valence-corrected chi connectivity index (χ1v) is 16.3. The van der Waals surface area contributed by atoms with Gasteiger partial charge in [-0.3, -0.25) is 0 Å². The maximum atomic E-state index is 5.63. The van der Waals surface area contributed by atoms with Gasteiger partial charge in [0.1, 0.15) is 0 Å². The predicted octanol–water partition coefficient (Wildman–Crippen LogP) is 12.2. The molecule has 0 aliphatic carbocycles. The van der Waals surface area contributed by atoms with Gasteiger partial charge in [0, 0.05) is 13.2 Å². The molecule has 1 nitrogen and oxygen atoms in total. The minimum atomic E-state index is 0.967. The largest absolute Gasteiger partial charge is 0.381 e. The molecule has 0 aromatic heterocycles. The first-order valence-electron chi connectivity index (χ1n) is 16.3. The molecule has 0 aromatic carbocycles. The van der Waals surface area contributed by atoms with Crippen LogP contribution in [0.25, 0.3) is 0 Å². The van der Waals surface area contributed by atoms with Crippen molar-refractivity contribution in [3.05, 3.63) is 6.92 Å². The molecule has 0 fully saturated rings. The van der Waals surface area contributed by atoms with Crippen LogP contribution >= 0.6 is 0 Å². The van der Waals surface area contributed by atoms with Gasteiger partial charge in [-0.1, -0.05) is 187 Å². The van der Waals surface area contributed by atoms with Crippen molar-refractivity contribution in [2.24, 2.45) is 0 Å². The van der Waals surface area contributed by atoms with Crippen molar-refractivity contribution in [3.8, 4) is 0 Å². The van der Waals surface area contributed by atoms with Crippen LogP contribution in [-0.4, -0.2) is 13.2 Å². The summed E-state index contributed by atoms with van der Waals surface area (Å²) in [5.74, 6) is 0. The molecule has 0 aliphatic heterocycles. The lowest BCUT2D eigenvalue weighted by molar-refractivity contribution is 0.127. The zero-order chi connectivity index (χ0) is 24.6. The molecule has 34 heavy (non-hydrogen) atoms. The molecule has 1 heteroatoms. The SMILES string of the molecule is [CH2]CCCCCCCCCCCCCCCCCCCCCCCCCCCCOCCCC. The average Bonchev–Trinajstić information content (AvgIpc) is 2.85. The van der Waals surface area contributed by atoms with E-state index in [0.717, 1.165) is 19.6 Å². The molecule has 0 saturated heterocycles. The maximum absolute atomic E-state index is 5.63. The Morgan fingerprint density at radius 1 is 0.324 bits per heavy atom. The number of hydrogen-bond acceptors (Lipinski definition) is 1. The van der Waals surface area contributed by atoms with Gasteiger partial charge in [0.15, 0.2) is 0 Å². The predicted molar refractivity (Wildman–Crippen MR) is 156 cm³/mol. The molecule has 0 unspecified atom stereocenters. The Kier molecular flexibility index (Phi) is 32.9. The van der Waals surface area contributed by atoms with Crippen molar-refractivity contribution in [2.75, 3.05) is 13.2 Å². The molecule has 0 spiro atoms. The Morgan fingerprint density at radius 3 is 0.824 bits per heavy atom. The van der Waals surface area contributed by atoms with Crippen molar-refractivity contribution in [1.29, 1.82) is 0 Å². The van der Waals surface area contributed by atoms with Crippen LogP contribution in [0.4, 0.5) is 0 Å². The smallest absolute Gasteiger partial charge is 0.0466 e. The zero-order valence-corrected chi connectivity index (χ0v) is 24.0. The van der Waals surface area contributed by atoms with Crippen LogP contribution in [-0.2, 0) is 4.74 Å². The van der Waals surface area contributed by atoms with E-state index in [2.05, 4.69) is 13.8 Å². The summed E-state index contributed by atoms with van der Waals surface area (Å²) in [5.41, 5.74) is 0. The van der Waals surface area contributed by atoms with E-state index >= 15 is 0 Å². The molecular weight excluding hydrogens is 412 g/mol. The highest BCUT2D eigenvalue weighted by atomic mass is 16.5. The Hall–Kier alpha value is -0.0400. The fourth-order valence-electron chi connectivity index (χ4n) is 4.97. The first kappa shape index (κ1) is 34.0. The van der Waals surface area contributed by atoms with Gasteiger partial charge in [-0.25, -0.2) is 0 Å². The minimum Gasteiger partial charge on any atom is -0.381 e. The van der Waals surface area contributed by atoms with Crippen LogP contribution in [0.15, 0.2) is 0 Å². The second-order valence-electron chi connectivity index (χ2n) is 11.0. The third kappa shape index (κ3) is 32.0. The number of unbranched alkanes of at least 4 members (excludes halogenated alkanes) is 27. The molecule has 0 rings (SSSR count). The van der Waals surface area contributed by atoms with Crippen molar-refractivity contribution in [1.82, 2.24) is 0 Å². The Labute approximate surface area is 218 Å². The first-order chi connectivity index (χ1) is 16.9. The van der Waals surface area contributed by atoms with Gasteiger partial charge in [0.05, 0.1) is 0 Å². The molecule has 0 saturated carbocycles. The quantitative estimate of drug-likeness (QED) is 0.0898. The molecule has 1 radical (unpaired) electrons. The van der Waals surface area contributed by atoms with E-state index in [4.69, 9.17) is 4.74 Å². The van der Waals surface area contributed by atoms with E-state index in [-0.39, 0.29) is 0 Å². The summed E-state index contributed by atoms with van der Waals surface area (Å²) in [6.45, 7) is 8.10. The van der Waals surface area contributed by atoms with Crippen LogP contribution < -0.4 is 0 Å². The van der Waals surface area contributed by atoms with Gasteiger partial charge >= 0.3 is 0 Å². The van der Waals surface area contributed by atoms with Crippen molar-refractivity contribution >= 4 is 0 Å². The third-order valence-electron chi connectivity index (χ3n) is 7.43. The second kappa shape index (κ2) is 33.0. The van der Waals surface area contributed by atoms with Gasteiger partial charge < -0.3 is 4.74 Å². The van der Waals surface area contributed by atoms with Crippen LogP contribution in [0.3, 0.4) is 0 Å². The van der Waals surface area contributed by atoms with Crippen LogP contribution in [0, 0.1) is 6.92 Å². The molecule has 0 aliphatic rings. The molecule has 0 amide bonds. The summed E-state index contributed by atoms with van der Waals surface area (Å²) < 4.78 is 5.63. The standard InChI is InChI=1S/C33H67O/c1-3-5-7-8-9-10-11-12-13-14-15-16-17-18-19-20-21-22-23-24-25-26-27-28-29-30-31-33-34-32-6-4-2/h1,3-33H2,2H3. The molecule has 0 bridgehead atoms. The molecular formula is C33H67O. The number of hydrogen-bond donors (Lipinski definition) is 0. The van der Waals surface area contributed by atoms with Gasteiger partial charge in [0.25, 0.3) is 0 Å². The third-order valence-corrected chi connectivity index (χ3v) is 7.43. The lowest BCUT2D eigenvalue weighted by Gasteiger charge is -2.05. The molecule has 0 atom stereocenters. The highest BCUT2D eigenvalue weighted by molar-refractivity contribution is 4.52. The monoisotopic (exact) mass is 480 g/mol. The molecule has 0 heterocycles. The lowest BCUT2D eigenvalue weighted by atomic mass is 10.0. The van der Waals surface area contributed by atoms with E-state index in [1.807, 2.05) is 0 Å². The summed E-state index contributed by atoms with van der Waals surface area (Å²) >= 11 is 0. The van der Waals surface area contributed by atoms with Crippen LogP contribution in [0.1, 0.15) is 193 Å². The van der Waals surface area contributed by atoms with Crippen molar-refractivity contribution in [3.63, 3.8) is 0 Å². The highest BCUT2D eigenvalue weighted by Gasteiger charge is 1.96. The summed E-state index contributed by atoms with van der Waals surface area (Å²) in [6, 6.07) is 0. The Bertz CT molecular complexity index is 295. The second-order valence-corrected chi connectivity index (χ2v) is 11.0. The molecule has 0 aromatic rings. The zero-order valence-electron chi connectivity index (χ0n) is 24.0. The number of ether oxygens (including phenoxy) is 1. The molecule has 205 valence electrons. The van der Waals surface area contributed by atoms with E-state index in [1.54, 1.807) is 0 Å². The highest BCUT2D eigenvalue weighted by Crippen LogP contribution is 2.16. The van der Waals surface area contributed by atoms with Crippen molar-refractivity contribution < 1.29 is 4.74 Å². The summed E-state index contributed by atoms with van der Waals surface area (Å²) in [4.78, 5) is 0.